The molecule has 0 unspecified atom stereocenters. The molecule has 1 amide bonds. The average Bonchev–Trinajstić information content (AvgIpc) is 3.23. The van der Waals surface area contributed by atoms with Crippen molar-refractivity contribution in [2.24, 2.45) is 0 Å². The molecule has 33 heavy (non-hydrogen) atoms. The van der Waals surface area contributed by atoms with E-state index in [1.54, 1.807) is 24.4 Å². The quantitative estimate of drug-likeness (QED) is 0.577. The minimum Gasteiger partial charge on any atom is -0.403 e. The second kappa shape index (κ2) is 9.27. The molecule has 1 aliphatic rings. The standard InChI is InChI=1S/C21H20F3N7O2/c1-13(32)26-17-5-2-4-15(20(17)33-21(22,23)24)16-7-8-19(30-28-16)31-11-9-14(12-31)27-18-6-3-10-25-29-18/h2-8,10,14H,9,11-12H2,1H3,(H,26,32)(H,27,29)/t14-/m1/s1. The number of benzene rings is 1. The Bertz CT molecular complexity index is 1110. The zero-order valence-electron chi connectivity index (χ0n) is 17.5. The molecule has 3 heterocycles. The van der Waals surface area contributed by atoms with Gasteiger partial charge in [0.2, 0.25) is 5.91 Å². The summed E-state index contributed by atoms with van der Waals surface area (Å²) in [4.78, 5) is 13.4. The second-order valence-electron chi connectivity index (χ2n) is 7.37. The largest absolute Gasteiger partial charge is 0.573 e. The van der Waals surface area contributed by atoms with Gasteiger partial charge in [-0.2, -0.15) is 5.10 Å². The van der Waals surface area contributed by atoms with Crippen LogP contribution in [0.4, 0.5) is 30.5 Å². The van der Waals surface area contributed by atoms with Gasteiger partial charge in [-0.3, -0.25) is 4.79 Å². The van der Waals surface area contributed by atoms with Crippen molar-refractivity contribution in [2.75, 3.05) is 28.6 Å². The molecule has 0 radical (unpaired) electrons. The summed E-state index contributed by atoms with van der Waals surface area (Å²) in [5, 5.41) is 21.8. The van der Waals surface area contributed by atoms with E-state index in [2.05, 4.69) is 35.8 Å². The van der Waals surface area contributed by atoms with Crippen LogP contribution >= 0.6 is 0 Å². The average molecular weight is 459 g/mol. The van der Waals surface area contributed by atoms with Gasteiger partial charge in [0.05, 0.1) is 11.4 Å². The topological polar surface area (TPSA) is 105 Å². The Morgan fingerprint density at radius 1 is 1.12 bits per heavy atom. The lowest BCUT2D eigenvalue weighted by Gasteiger charge is -2.19. The van der Waals surface area contributed by atoms with Gasteiger partial charge in [0.1, 0.15) is 5.82 Å². The highest BCUT2D eigenvalue weighted by atomic mass is 19.4. The van der Waals surface area contributed by atoms with Crippen LogP contribution in [0.5, 0.6) is 5.75 Å². The fourth-order valence-corrected chi connectivity index (χ4v) is 3.56. The molecule has 0 spiro atoms. The second-order valence-corrected chi connectivity index (χ2v) is 7.37. The van der Waals surface area contributed by atoms with Crippen LogP contribution in [-0.4, -0.2) is 51.8 Å². The van der Waals surface area contributed by atoms with E-state index in [0.29, 0.717) is 18.2 Å². The number of ether oxygens (including phenoxy) is 1. The summed E-state index contributed by atoms with van der Waals surface area (Å²) >= 11 is 0. The first kappa shape index (κ1) is 22.2. The Morgan fingerprint density at radius 2 is 1.97 bits per heavy atom. The van der Waals surface area contributed by atoms with Crippen molar-refractivity contribution < 1.29 is 22.7 Å². The number of halogens is 3. The predicted octanol–water partition coefficient (Wildman–Crippen LogP) is 3.48. The summed E-state index contributed by atoms with van der Waals surface area (Å²) in [7, 11) is 0. The van der Waals surface area contributed by atoms with Crippen molar-refractivity contribution in [3.05, 3.63) is 48.7 Å². The van der Waals surface area contributed by atoms with Crippen molar-refractivity contribution >= 4 is 23.2 Å². The highest BCUT2D eigenvalue weighted by Gasteiger charge is 2.34. The molecule has 2 N–H and O–H groups in total. The van der Waals surface area contributed by atoms with Crippen LogP contribution < -0.4 is 20.3 Å². The van der Waals surface area contributed by atoms with Crippen LogP contribution in [0, 0.1) is 0 Å². The number of carbonyl (C=O) groups excluding carboxylic acids is 1. The lowest BCUT2D eigenvalue weighted by molar-refractivity contribution is -0.274. The van der Waals surface area contributed by atoms with Gasteiger partial charge in [0.25, 0.3) is 0 Å². The molecule has 172 valence electrons. The van der Waals surface area contributed by atoms with Crippen LogP contribution in [0.2, 0.25) is 0 Å². The molecule has 1 aromatic carbocycles. The molecule has 0 bridgehead atoms. The summed E-state index contributed by atoms with van der Waals surface area (Å²) in [5.74, 6) is 0.205. The van der Waals surface area contributed by atoms with Gasteiger partial charge in [-0.1, -0.05) is 6.07 Å². The first-order valence-electron chi connectivity index (χ1n) is 10.1. The molecule has 1 saturated heterocycles. The molecule has 9 nitrogen and oxygen atoms in total. The normalized spacial score (nSPS) is 15.9. The Morgan fingerprint density at radius 3 is 2.64 bits per heavy atom. The number of amides is 1. The maximum atomic E-state index is 13.0. The monoisotopic (exact) mass is 459 g/mol. The van der Waals surface area contributed by atoms with E-state index in [1.807, 2.05) is 11.0 Å². The number of nitrogens with zero attached hydrogens (tertiary/aromatic N) is 5. The Hall–Kier alpha value is -3.96. The summed E-state index contributed by atoms with van der Waals surface area (Å²) in [6.45, 7) is 2.58. The minimum atomic E-state index is -4.95. The summed E-state index contributed by atoms with van der Waals surface area (Å²) in [6.07, 6.45) is -2.50. The van der Waals surface area contributed by atoms with Gasteiger partial charge in [-0.25, -0.2) is 0 Å². The van der Waals surface area contributed by atoms with E-state index in [0.717, 1.165) is 13.0 Å². The molecule has 1 fully saturated rings. The van der Waals surface area contributed by atoms with Crippen molar-refractivity contribution in [1.29, 1.82) is 0 Å². The Labute approximate surface area is 187 Å². The molecule has 12 heteroatoms. The first-order valence-corrected chi connectivity index (χ1v) is 10.1. The van der Waals surface area contributed by atoms with E-state index in [9.17, 15) is 18.0 Å². The van der Waals surface area contributed by atoms with E-state index in [-0.39, 0.29) is 23.0 Å². The molecule has 4 rings (SSSR count). The number of nitrogens with one attached hydrogen (secondary N) is 2. The molecule has 3 aromatic rings. The number of aromatic nitrogens is 4. The van der Waals surface area contributed by atoms with Gasteiger partial charge in [-0.05, 0) is 42.8 Å². The van der Waals surface area contributed by atoms with Crippen molar-refractivity contribution in [3.8, 4) is 17.0 Å². The molecule has 2 aromatic heterocycles. The molecular formula is C21H20F3N7O2. The van der Waals surface area contributed by atoms with Crippen LogP contribution in [0.1, 0.15) is 13.3 Å². The molecule has 0 saturated carbocycles. The number of rotatable bonds is 6. The summed E-state index contributed by atoms with van der Waals surface area (Å²) < 4.78 is 43.3. The van der Waals surface area contributed by atoms with Crippen molar-refractivity contribution in [1.82, 2.24) is 20.4 Å². The van der Waals surface area contributed by atoms with Crippen LogP contribution in [0.15, 0.2) is 48.7 Å². The zero-order valence-corrected chi connectivity index (χ0v) is 17.5. The lowest BCUT2D eigenvalue weighted by atomic mass is 10.1. The number of carbonyl (C=O) groups is 1. The molecule has 0 aliphatic carbocycles. The molecule has 1 aliphatic heterocycles. The van der Waals surface area contributed by atoms with Crippen LogP contribution in [-0.2, 0) is 4.79 Å². The summed E-state index contributed by atoms with van der Waals surface area (Å²) in [6, 6.07) is 11.3. The number of anilines is 3. The van der Waals surface area contributed by atoms with E-state index in [1.165, 1.54) is 25.1 Å². The predicted molar refractivity (Wildman–Crippen MR) is 115 cm³/mol. The smallest absolute Gasteiger partial charge is 0.403 e. The number of hydrogen-bond donors (Lipinski definition) is 2. The third kappa shape index (κ3) is 5.64. The maximum Gasteiger partial charge on any atom is 0.573 e. The number of para-hydroxylation sites is 1. The molecular weight excluding hydrogens is 439 g/mol. The maximum absolute atomic E-state index is 13.0. The van der Waals surface area contributed by atoms with E-state index >= 15 is 0 Å². The van der Waals surface area contributed by atoms with Gasteiger partial charge in [0, 0.05) is 37.8 Å². The third-order valence-corrected chi connectivity index (χ3v) is 4.91. The fourth-order valence-electron chi connectivity index (χ4n) is 3.56. The van der Waals surface area contributed by atoms with Crippen LogP contribution in [0.3, 0.4) is 0 Å². The van der Waals surface area contributed by atoms with E-state index in [4.69, 9.17) is 0 Å². The number of alkyl halides is 3. The highest BCUT2D eigenvalue weighted by molar-refractivity contribution is 5.92. The van der Waals surface area contributed by atoms with Gasteiger partial charge >= 0.3 is 6.36 Å². The zero-order chi connectivity index (χ0) is 23.4. The summed E-state index contributed by atoms with van der Waals surface area (Å²) in [5.41, 5.74) is 0.126. The van der Waals surface area contributed by atoms with Crippen LogP contribution in [0.25, 0.3) is 11.3 Å². The van der Waals surface area contributed by atoms with Crippen molar-refractivity contribution in [2.45, 2.75) is 25.7 Å². The van der Waals surface area contributed by atoms with E-state index < -0.39 is 18.0 Å². The minimum absolute atomic E-state index is 0.0567. The SMILES string of the molecule is CC(=O)Nc1cccc(-c2ccc(N3CC[C@@H](Nc4cccnn4)C3)nn2)c1OC(F)(F)F. The Balaban J connectivity index is 1.53. The number of hydrogen-bond acceptors (Lipinski definition) is 8. The Kier molecular flexibility index (Phi) is 6.24. The van der Waals surface area contributed by atoms with Gasteiger partial charge < -0.3 is 20.3 Å². The van der Waals surface area contributed by atoms with Crippen molar-refractivity contribution in [3.63, 3.8) is 0 Å². The first-order chi connectivity index (χ1) is 15.8. The third-order valence-electron chi connectivity index (χ3n) is 4.91. The fraction of sp³-hybridized carbons (Fsp3) is 0.286. The highest BCUT2D eigenvalue weighted by Crippen LogP contribution is 2.39. The molecule has 1 atom stereocenters. The van der Waals surface area contributed by atoms with Gasteiger partial charge in [0.15, 0.2) is 11.6 Å². The lowest BCUT2D eigenvalue weighted by Crippen LogP contribution is -2.27. The van der Waals surface area contributed by atoms with Gasteiger partial charge in [-0.15, -0.1) is 28.5 Å².